The number of hydrogen-bond acceptors (Lipinski definition) is 9. The van der Waals surface area contributed by atoms with Crippen molar-refractivity contribution in [2.75, 3.05) is 78.8 Å². The first-order chi connectivity index (χ1) is 17.1. The molecule has 0 unspecified atom stereocenters. The van der Waals surface area contributed by atoms with E-state index in [0.29, 0.717) is 61.2 Å². The Morgan fingerprint density at radius 3 is 1.66 bits per heavy atom. The summed E-state index contributed by atoms with van der Waals surface area (Å²) in [5.74, 6) is 1.87. The second-order valence-corrected chi connectivity index (χ2v) is 8.24. The Morgan fingerprint density at radius 2 is 1.17 bits per heavy atom. The number of nitrogens with two attached hydrogens (primary N) is 1. The lowest BCUT2D eigenvalue weighted by Gasteiger charge is -2.30. The van der Waals surface area contributed by atoms with Crippen LogP contribution in [0.5, 0.6) is 0 Å². The van der Waals surface area contributed by atoms with E-state index in [-0.39, 0.29) is 6.03 Å². The minimum Gasteiger partial charge on any atom is -0.399 e. The number of carbonyl (C=O) groups is 1. The molecule has 2 aromatic carbocycles. The molecule has 3 heterocycles. The van der Waals surface area contributed by atoms with Gasteiger partial charge in [-0.3, -0.25) is 0 Å². The van der Waals surface area contributed by atoms with Crippen molar-refractivity contribution in [1.29, 1.82) is 0 Å². The highest BCUT2D eigenvalue weighted by atomic mass is 16.5. The third kappa shape index (κ3) is 5.76. The van der Waals surface area contributed by atoms with Gasteiger partial charge in [0.05, 0.1) is 26.4 Å². The van der Waals surface area contributed by atoms with E-state index in [1.54, 1.807) is 24.3 Å². The molecule has 0 atom stereocenters. The molecule has 0 saturated carbocycles. The zero-order chi connectivity index (χ0) is 24.0. The van der Waals surface area contributed by atoms with Crippen LogP contribution in [0.25, 0.3) is 11.4 Å². The number of hydrogen-bond donors (Lipinski definition) is 3. The molecular weight excluding hydrogens is 448 g/mol. The van der Waals surface area contributed by atoms with E-state index in [1.807, 2.05) is 24.3 Å². The van der Waals surface area contributed by atoms with E-state index in [1.165, 1.54) is 0 Å². The fraction of sp³-hybridized carbons (Fsp3) is 0.333. The molecule has 11 nitrogen and oxygen atoms in total. The predicted molar refractivity (Wildman–Crippen MR) is 135 cm³/mol. The van der Waals surface area contributed by atoms with Crippen molar-refractivity contribution >= 4 is 35.0 Å². The third-order valence-electron chi connectivity index (χ3n) is 5.77. The summed E-state index contributed by atoms with van der Waals surface area (Å²) >= 11 is 0. The molecule has 0 bridgehead atoms. The number of carbonyl (C=O) groups excluding carboxylic acids is 1. The zero-order valence-electron chi connectivity index (χ0n) is 19.3. The molecule has 35 heavy (non-hydrogen) atoms. The number of ether oxygens (including phenoxy) is 2. The van der Waals surface area contributed by atoms with Crippen molar-refractivity contribution in [3.63, 3.8) is 0 Å². The van der Waals surface area contributed by atoms with Crippen molar-refractivity contribution in [2.45, 2.75) is 0 Å². The Labute approximate surface area is 203 Å². The molecule has 3 aromatic rings. The van der Waals surface area contributed by atoms with Gasteiger partial charge in [-0.15, -0.1) is 0 Å². The first-order valence-electron chi connectivity index (χ1n) is 11.6. The van der Waals surface area contributed by atoms with Gasteiger partial charge in [0, 0.05) is 48.8 Å². The summed E-state index contributed by atoms with van der Waals surface area (Å²) in [6.45, 7) is 5.52. The molecule has 5 rings (SSSR count). The monoisotopic (exact) mass is 476 g/mol. The van der Waals surface area contributed by atoms with Gasteiger partial charge in [0.15, 0.2) is 5.82 Å². The second-order valence-electron chi connectivity index (χ2n) is 8.24. The first kappa shape index (κ1) is 22.8. The number of nitrogens with zero attached hydrogens (tertiary/aromatic N) is 5. The Kier molecular flexibility index (Phi) is 6.87. The number of morpholine rings is 2. The van der Waals surface area contributed by atoms with Gasteiger partial charge in [-0.05, 0) is 48.5 Å². The number of amides is 2. The van der Waals surface area contributed by atoms with E-state index in [4.69, 9.17) is 30.2 Å². The van der Waals surface area contributed by atoms with Gasteiger partial charge in [0.1, 0.15) is 0 Å². The van der Waals surface area contributed by atoms with Crippen LogP contribution in [0.3, 0.4) is 0 Å². The maximum atomic E-state index is 12.3. The summed E-state index contributed by atoms with van der Waals surface area (Å²) in [6, 6.07) is 14.0. The number of rotatable bonds is 5. The van der Waals surface area contributed by atoms with Crippen LogP contribution in [0.4, 0.5) is 33.8 Å². The standard InChI is InChI=1S/C24H28N8O3/c25-18-3-7-20(8-4-18)27-24(33)26-19-5-1-17(2-6-19)21-28-22(31-9-13-34-14-10-31)30-23(29-21)32-11-15-35-16-12-32/h1-8H,9-16,25H2,(H2,26,27,33). The van der Waals surface area contributed by atoms with E-state index in [0.717, 1.165) is 31.7 Å². The minimum absolute atomic E-state index is 0.341. The number of aromatic nitrogens is 3. The lowest BCUT2D eigenvalue weighted by Crippen LogP contribution is -2.40. The van der Waals surface area contributed by atoms with Gasteiger partial charge in [0.2, 0.25) is 11.9 Å². The van der Waals surface area contributed by atoms with Crippen LogP contribution in [0.15, 0.2) is 48.5 Å². The Hall–Kier alpha value is -3.96. The fourth-order valence-electron chi connectivity index (χ4n) is 3.86. The molecule has 2 amide bonds. The van der Waals surface area contributed by atoms with E-state index in [9.17, 15) is 4.79 Å². The molecule has 0 radical (unpaired) electrons. The molecule has 2 fully saturated rings. The highest BCUT2D eigenvalue weighted by Crippen LogP contribution is 2.24. The number of benzene rings is 2. The van der Waals surface area contributed by atoms with Gasteiger partial charge in [-0.1, -0.05) is 0 Å². The van der Waals surface area contributed by atoms with E-state index in [2.05, 4.69) is 20.4 Å². The number of anilines is 5. The topological polar surface area (TPSA) is 131 Å². The normalized spacial score (nSPS) is 16.1. The van der Waals surface area contributed by atoms with Crippen molar-refractivity contribution < 1.29 is 14.3 Å². The first-order valence-corrected chi connectivity index (χ1v) is 11.6. The van der Waals surface area contributed by atoms with E-state index >= 15 is 0 Å². The number of nitrogens with one attached hydrogen (secondary N) is 2. The third-order valence-corrected chi connectivity index (χ3v) is 5.77. The average Bonchev–Trinajstić information content (AvgIpc) is 2.91. The van der Waals surface area contributed by atoms with Gasteiger partial charge < -0.3 is 35.6 Å². The zero-order valence-corrected chi connectivity index (χ0v) is 19.3. The smallest absolute Gasteiger partial charge is 0.323 e. The summed E-state index contributed by atoms with van der Waals surface area (Å²) < 4.78 is 11.0. The summed E-state index contributed by atoms with van der Waals surface area (Å²) in [6.07, 6.45) is 0. The number of urea groups is 1. The van der Waals surface area contributed by atoms with Crippen LogP contribution < -0.4 is 26.2 Å². The Bertz CT molecular complexity index is 1110. The Morgan fingerprint density at radius 1 is 0.714 bits per heavy atom. The minimum atomic E-state index is -0.341. The summed E-state index contributed by atoms with van der Waals surface area (Å²) in [5, 5.41) is 5.61. The van der Waals surface area contributed by atoms with Gasteiger partial charge >= 0.3 is 6.03 Å². The van der Waals surface area contributed by atoms with E-state index < -0.39 is 0 Å². The molecule has 1 aromatic heterocycles. The quantitative estimate of drug-likeness (QED) is 0.475. The lowest BCUT2D eigenvalue weighted by atomic mass is 10.2. The molecule has 4 N–H and O–H groups in total. The second kappa shape index (κ2) is 10.5. The summed E-state index contributed by atoms with van der Waals surface area (Å²) in [7, 11) is 0. The van der Waals surface area contributed by atoms with Crippen LogP contribution in [-0.4, -0.2) is 73.6 Å². The average molecular weight is 477 g/mol. The Balaban J connectivity index is 1.34. The lowest BCUT2D eigenvalue weighted by molar-refractivity contribution is 0.121. The van der Waals surface area contributed by atoms with Crippen molar-refractivity contribution in [3.05, 3.63) is 48.5 Å². The predicted octanol–water partition coefficient (Wildman–Crippen LogP) is 2.44. The molecular formula is C24H28N8O3. The van der Waals surface area contributed by atoms with Crippen LogP contribution in [0, 0.1) is 0 Å². The fourth-order valence-corrected chi connectivity index (χ4v) is 3.86. The van der Waals surface area contributed by atoms with Crippen molar-refractivity contribution in [2.24, 2.45) is 0 Å². The van der Waals surface area contributed by atoms with Gasteiger partial charge in [-0.25, -0.2) is 4.79 Å². The summed E-state index contributed by atoms with van der Waals surface area (Å²) in [5.41, 5.74) is 8.47. The SMILES string of the molecule is Nc1ccc(NC(=O)Nc2ccc(-c3nc(N4CCOCC4)nc(N4CCOCC4)n3)cc2)cc1. The maximum Gasteiger partial charge on any atom is 0.323 e. The van der Waals surface area contributed by atoms with Crippen LogP contribution in [0.2, 0.25) is 0 Å². The van der Waals surface area contributed by atoms with Crippen molar-refractivity contribution in [3.8, 4) is 11.4 Å². The van der Waals surface area contributed by atoms with Gasteiger partial charge in [-0.2, -0.15) is 15.0 Å². The highest BCUT2D eigenvalue weighted by Gasteiger charge is 2.21. The van der Waals surface area contributed by atoms with Crippen molar-refractivity contribution in [1.82, 2.24) is 15.0 Å². The molecule has 2 aliphatic rings. The van der Waals surface area contributed by atoms with Gasteiger partial charge in [0.25, 0.3) is 0 Å². The molecule has 11 heteroatoms. The molecule has 0 spiro atoms. The van der Waals surface area contributed by atoms with Crippen LogP contribution in [-0.2, 0) is 9.47 Å². The van der Waals surface area contributed by atoms with Crippen LogP contribution >= 0.6 is 0 Å². The molecule has 0 aliphatic carbocycles. The summed E-state index contributed by atoms with van der Waals surface area (Å²) in [4.78, 5) is 30.9. The largest absolute Gasteiger partial charge is 0.399 e. The molecule has 2 aliphatic heterocycles. The number of nitrogen functional groups attached to an aromatic ring is 1. The highest BCUT2D eigenvalue weighted by molar-refractivity contribution is 5.99. The maximum absolute atomic E-state index is 12.3. The molecule has 2 saturated heterocycles. The van der Waals surface area contributed by atoms with Crippen LogP contribution in [0.1, 0.15) is 0 Å². The molecule has 182 valence electrons.